The summed E-state index contributed by atoms with van der Waals surface area (Å²) < 4.78 is 11.6. The number of hydrogen-bond donors (Lipinski definition) is 4. The molecule has 0 heterocycles. The van der Waals surface area contributed by atoms with E-state index in [9.17, 15) is 0 Å². The molecule has 0 aliphatic heterocycles. The van der Waals surface area contributed by atoms with E-state index >= 15 is 0 Å². The van der Waals surface area contributed by atoms with Crippen LogP contribution in [-0.2, 0) is 0 Å². The second kappa shape index (κ2) is 16.5. The average molecular weight is 609 g/mol. The summed E-state index contributed by atoms with van der Waals surface area (Å²) in [6, 6.07) is 12.9. The Balaban J connectivity index is 0.000000240. The van der Waals surface area contributed by atoms with Crippen LogP contribution in [0.3, 0.4) is 0 Å². The molecule has 0 amide bonds. The molecule has 2 fully saturated rings. The Morgan fingerprint density at radius 2 is 1.05 bits per heavy atom. The third-order valence-electron chi connectivity index (χ3n) is 9.08. The van der Waals surface area contributed by atoms with E-state index < -0.39 is 0 Å². The predicted molar refractivity (Wildman–Crippen MR) is 191 cm³/mol. The van der Waals surface area contributed by atoms with Gasteiger partial charge in [-0.3, -0.25) is 0 Å². The topological polar surface area (TPSA) is 94.6 Å². The van der Waals surface area contributed by atoms with Crippen molar-refractivity contribution in [3.63, 3.8) is 0 Å². The molecule has 6 nitrogen and oxygen atoms in total. The van der Waals surface area contributed by atoms with Crippen molar-refractivity contribution in [2.24, 2.45) is 22.7 Å². The van der Waals surface area contributed by atoms with Crippen molar-refractivity contribution in [3.8, 4) is 11.5 Å². The number of nitrogens with one attached hydrogen (secondary N) is 2. The van der Waals surface area contributed by atoms with Crippen molar-refractivity contribution in [2.45, 2.75) is 132 Å². The number of benzene rings is 2. The summed E-state index contributed by atoms with van der Waals surface area (Å²) >= 11 is 0. The lowest BCUT2D eigenvalue weighted by Gasteiger charge is -2.39. The minimum atomic E-state index is 0.402. The lowest BCUT2D eigenvalue weighted by atomic mass is 9.70. The molecular formula is C38H64N4O2. The third-order valence-corrected chi connectivity index (χ3v) is 9.08. The summed E-state index contributed by atoms with van der Waals surface area (Å²) in [7, 11) is 0. The van der Waals surface area contributed by atoms with Gasteiger partial charge in [-0.25, -0.2) is 0 Å². The first kappa shape index (κ1) is 35.7. The first-order valence-corrected chi connectivity index (χ1v) is 17.4. The molecule has 6 heteroatoms. The standard InChI is InChI=1S/2C19H32N2O/c2*1-5-6-9-22-16-7-8-17(20)18(11-16)21-15-10-14(2)12-19(3,4)13-15/h2*7-8,11,14-15,21H,5-6,9-10,12-13,20H2,1-4H3/t2*14-,15+/m10/s1. The van der Waals surface area contributed by atoms with Gasteiger partial charge in [-0.05, 0) is 98.3 Å². The Kier molecular flexibility index (Phi) is 13.4. The normalized spacial score (nSPS) is 24.0. The van der Waals surface area contributed by atoms with Gasteiger partial charge < -0.3 is 31.6 Å². The van der Waals surface area contributed by atoms with E-state index in [4.69, 9.17) is 20.9 Å². The first-order valence-electron chi connectivity index (χ1n) is 17.4. The number of anilines is 4. The molecule has 0 saturated heterocycles. The van der Waals surface area contributed by atoms with Gasteiger partial charge in [0.2, 0.25) is 0 Å². The van der Waals surface area contributed by atoms with E-state index in [1.807, 2.05) is 24.3 Å². The fourth-order valence-corrected chi connectivity index (χ4v) is 7.52. The summed E-state index contributed by atoms with van der Waals surface area (Å²) in [5, 5.41) is 7.32. The zero-order valence-corrected chi connectivity index (χ0v) is 29.2. The Labute approximate surface area is 269 Å². The molecule has 2 saturated carbocycles. The van der Waals surface area contributed by atoms with Crippen LogP contribution in [0.25, 0.3) is 0 Å². The van der Waals surface area contributed by atoms with Gasteiger partial charge in [0.25, 0.3) is 0 Å². The number of nitrogens with two attached hydrogens (primary N) is 2. The van der Waals surface area contributed by atoms with Crippen molar-refractivity contribution >= 4 is 22.7 Å². The number of rotatable bonds is 12. The van der Waals surface area contributed by atoms with E-state index in [0.717, 1.165) is 85.0 Å². The zero-order chi connectivity index (χ0) is 32.3. The molecule has 248 valence electrons. The predicted octanol–water partition coefficient (Wildman–Crippen LogP) is 10.1. The molecule has 0 radical (unpaired) electrons. The van der Waals surface area contributed by atoms with Gasteiger partial charge >= 0.3 is 0 Å². The number of hydrogen-bond acceptors (Lipinski definition) is 6. The molecule has 0 aromatic heterocycles. The fraction of sp³-hybridized carbons (Fsp3) is 0.684. The van der Waals surface area contributed by atoms with E-state index in [1.54, 1.807) is 0 Å². The summed E-state index contributed by atoms with van der Waals surface area (Å²) in [6.07, 6.45) is 11.9. The highest BCUT2D eigenvalue weighted by atomic mass is 16.5. The lowest BCUT2D eigenvalue weighted by Crippen LogP contribution is -2.35. The van der Waals surface area contributed by atoms with Crippen LogP contribution in [0.15, 0.2) is 36.4 Å². The van der Waals surface area contributed by atoms with Crippen LogP contribution in [0.1, 0.15) is 120 Å². The third kappa shape index (κ3) is 12.0. The van der Waals surface area contributed by atoms with E-state index in [-0.39, 0.29) is 0 Å². The summed E-state index contributed by atoms with van der Waals surface area (Å²) in [5.41, 5.74) is 16.7. The SMILES string of the molecule is CCCCOc1ccc(N)c(N[C@@H]2C[C@H](C)CC(C)(C)C2)c1.CCCCOc1ccc(N)c(N[C@H]2C[C@@H](C)CC(C)(C)C2)c1. The van der Waals surface area contributed by atoms with Crippen molar-refractivity contribution in [1.82, 2.24) is 0 Å². The van der Waals surface area contributed by atoms with Crippen LogP contribution in [-0.4, -0.2) is 25.3 Å². The number of ether oxygens (including phenoxy) is 2. The number of unbranched alkanes of at least 4 members (excludes halogenated alkanes) is 2. The second-order valence-electron chi connectivity index (χ2n) is 15.4. The first-order chi connectivity index (χ1) is 20.8. The molecule has 4 rings (SSSR count). The quantitative estimate of drug-likeness (QED) is 0.141. The molecular weight excluding hydrogens is 544 g/mol. The molecule has 0 unspecified atom stereocenters. The van der Waals surface area contributed by atoms with Crippen molar-refractivity contribution in [1.29, 1.82) is 0 Å². The minimum Gasteiger partial charge on any atom is -0.494 e. The molecule has 6 N–H and O–H groups in total. The van der Waals surface area contributed by atoms with Crippen molar-refractivity contribution < 1.29 is 9.47 Å². The summed E-state index contributed by atoms with van der Waals surface area (Å²) in [4.78, 5) is 0. The largest absolute Gasteiger partial charge is 0.494 e. The average Bonchev–Trinajstić information content (AvgIpc) is 2.91. The van der Waals surface area contributed by atoms with Crippen LogP contribution in [0.2, 0.25) is 0 Å². The Morgan fingerprint density at radius 3 is 1.39 bits per heavy atom. The minimum absolute atomic E-state index is 0.402. The van der Waals surface area contributed by atoms with Crippen molar-refractivity contribution in [2.75, 3.05) is 35.3 Å². The van der Waals surface area contributed by atoms with Crippen LogP contribution >= 0.6 is 0 Å². The van der Waals surface area contributed by atoms with Crippen LogP contribution in [0, 0.1) is 22.7 Å². The molecule has 44 heavy (non-hydrogen) atoms. The zero-order valence-electron chi connectivity index (χ0n) is 29.2. The maximum absolute atomic E-state index is 6.15. The Bertz CT molecular complexity index is 1060. The maximum Gasteiger partial charge on any atom is 0.121 e. The van der Waals surface area contributed by atoms with Gasteiger partial charge in [0, 0.05) is 24.2 Å². The van der Waals surface area contributed by atoms with Gasteiger partial charge in [0.05, 0.1) is 36.0 Å². The molecule has 0 bridgehead atoms. The molecule has 0 spiro atoms. The van der Waals surface area contributed by atoms with Crippen LogP contribution in [0.4, 0.5) is 22.7 Å². The molecule has 2 aliphatic rings. The van der Waals surface area contributed by atoms with E-state index in [0.29, 0.717) is 22.9 Å². The summed E-state index contributed by atoms with van der Waals surface area (Å²) in [6.45, 7) is 20.1. The van der Waals surface area contributed by atoms with E-state index in [1.165, 1.54) is 38.5 Å². The molecule has 2 aromatic rings. The van der Waals surface area contributed by atoms with Gasteiger partial charge in [-0.2, -0.15) is 0 Å². The van der Waals surface area contributed by atoms with Crippen LogP contribution < -0.4 is 31.6 Å². The smallest absolute Gasteiger partial charge is 0.121 e. The molecule has 2 aliphatic carbocycles. The summed E-state index contributed by atoms with van der Waals surface area (Å²) in [5.74, 6) is 3.33. The number of nitrogen functional groups attached to an aromatic ring is 2. The lowest BCUT2D eigenvalue weighted by molar-refractivity contribution is 0.177. The highest BCUT2D eigenvalue weighted by molar-refractivity contribution is 5.69. The van der Waals surface area contributed by atoms with Gasteiger partial charge in [0.1, 0.15) is 11.5 Å². The van der Waals surface area contributed by atoms with Crippen LogP contribution in [0.5, 0.6) is 11.5 Å². The monoisotopic (exact) mass is 609 g/mol. The Morgan fingerprint density at radius 1 is 0.659 bits per heavy atom. The Hall–Kier alpha value is -2.76. The maximum atomic E-state index is 6.15. The van der Waals surface area contributed by atoms with Crippen molar-refractivity contribution in [3.05, 3.63) is 36.4 Å². The highest BCUT2D eigenvalue weighted by Gasteiger charge is 2.33. The highest BCUT2D eigenvalue weighted by Crippen LogP contribution is 2.41. The fourth-order valence-electron chi connectivity index (χ4n) is 7.52. The molecule has 4 atom stereocenters. The second-order valence-corrected chi connectivity index (χ2v) is 15.4. The van der Waals surface area contributed by atoms with Gasteiger partial charge in [0.15, 0.2) is 0 Å². The van der Waals surface area contributed by atoms with Gasteiger partial charge in [-0.15, -0.1) is 0 Å². The van der Waals surface area contributed by atoms with E-state index in [2.05, 4.69) is 78.2 Å². The molecule has 2 aromatic carbocycles. The van der Waals surface area contributed by atoms with Gasteiger partial charge in [-0.1, -0.05) is 68.2 Å².